The monoisotopic (exact) mass is 412 g/mol. The van der Waals surface area contributed by atoms with Crippen LogP contribution in [0.1, 0.15) is 15.2 Å². The lowest BCUT2D eigenvalue weighted by atomic mass is 10.0. The van der Waals surface area contributed by atoms with Gasteiger partial charge in [-0.05, 0) is 55.4 Å². The molecule has 0 aliphatic carbocycles. The maximum Gasteiger partial charge on any atom is 0.203 e. The van der Waals surface area contributed by atoms with Gasteiger partial charge in [0.05, 0.1) is 8.66 Å². The SMILES string of the molecule is O=C(c1cc(Br)c(Br)s1)c1ccc(F)c2ccccc12. The molecule has 3 rings (SSSR count). The van der Waals surface area contributed by atoms with Crippen LogP contribution in [0.25, 0.3) is 10.8 Å². The van der Waals surface area contributed by atoms with E-state index in [1.807, 2.05) is 0 Å². The Morgan fingerprint density at radius 3 is 2.40 bits per heavy atom. The fraction of sp³-hybridized carbons (Fsp3) is 0. The van der Waals surface area contributed by atoms with Crippen molar-refractivity contribution in [1.29, 1.82) is 0 Å². The maximum absolute atomic E-state index is 13.8. The van der Waals surface area contributed by atoms with Crippen molar-refractivity contribution in [3.05, 3.63) is 67.0 Å². The average Bonchev–Trinajstić information content (AvgIpc) is 2.79. The summed E-state index contributed by atoms with van der Waals surface area (Å²) >= 11 is 8.10. The predicted octanol–water partition coefficient (Wildman–Crippen LogP) is 5.80. The number of hydrogen-bond donors (Lipinski definition) is 0. The molecule has 3 aromatic rings. The minimum atomic E-state index is -0.314. The fourth-order valence-electron chi connectivity index (χ4n) is 2.05. The van der Waals surface area contributed by atoms with E-state index in [-0.39, 0.29) is 11.6 Å². The second-order valence-corrected chi connectivity index (χ2v) is 7.43. The molecule has 0 aliphatic rings. The van der Waals surface area contributed by atoms with Gasteiger partial charge in [0.15, 0.2) is 0 Å². The first-order valence-corrected chi connectivity index (χ1v) is 8.15. The molecule has 0 spiro atoms. The quantitative estimate of drug-likeness (QED) is 0.485. The third kappa shape index (κ3) is 2.34. The number of halogens is 3. The highest BCUT2D eigenvalue weighted by molar-refractivity contribution is 9.13. The third-order valence-corrected chi connectivity index (χ3v) is 6.24. The highest BCUT2D eigenvalue weighted by atomic mass is 79.9. The van der Waals surface area contributed by atoms with Crippen molar-refractivity contribution >= 4 is 59.8 Å². The number of carbonyl (C=O) groups excluding carboxylic acids is 1. The highest BCUT2D eigenvalue weighted by Crippen LogP contribution is 2.34. The Labute approximate surface area is 135 Å². The number of thiophene rings is 1. The molecule has 20 heavy (non-hydrogen) atoms. The molecule has 1 aromatic heterocycles. The van der Waals surface area contributed by atoms with Gasteiger partial charge in [0.2, 0.25) is 5.78 Å². The minimum absolute atomic E-state index is 0.0994. The summed E-state index contributed by atoms with van der Waals surface area (Å²) in [4.78, 5) is 13.2. The molecule has 0 amide bonds. The van der Waals surface area contributed by atoms with Crippen LogP contribution < -0.4 is 0 Å². The standard InChI is InChI=1S/C15H7Br2FOS/c16-11-7-13(20-15(11)17)14(19)10-5-6-12(18)9-4-2-1-3-8(9)10/h1-7H. The van der Waals surface area contributed by atoms with Gasteiger partial charge in [0, 0.05) is 15.4 Å². The number of ketones is 1. The Hall–Kier alpha value is -1.04. The second-order valence-electron chi connectivity index (χ2n) is 4.20. The first kappa shape index (κ1) is 13.9. The van der Waals surface area contributed by atoms with E-state index in [1.54, 1.807) is 36.4 Å². The van der Waals surface area contributed by atoms with E-state index in [0.717, 1.165) is 8.26 Å². The number of carbonyl (C=O) groups is 1. The maximum atomic E-state index is 13.8. The van der Waals surface area contributed by atoms with Gasteiger partial charge in [-0.2, -0.15) is 0 Å². The average molecular weight is 414 g/mol. The predicted molar refractivity (Wildman–Crippen MR) is 87.1 cm³/mol. The summed E-state index contributed by atoms with van der Waals surface area (Å²) < 4.78 is 15.5. The van der Waals surface area contributed by atoms with Gasteiger partial charge < -0.3 is 0 Å². The van der Waals surface area contributed by atoms with Crippen LogP contribution in [0, 0.1) is 5.82 Å². The molecule has 5 heteroatoms. The number of benzene rings is 2. The molecule has 0 fully saturated rings. The van der Waals surface area contributed by atoms with Crippen LogP contribution >= 0.6 is 43.2 Å². The van der Waals surface area contributed by atoms with Crippen molar-refractivity contribution in [1.82, 2.24) is 0 Å². The number of hydrogen-bond acceptors (Lipinski definition) is 2. The lowest BCUT2D eigenvalue weighted by Crippen LogP contribution is -2.00. The first-order valence-electron chi connectivity index (χ1n) is 5.74. The Kier molecular flexibility index (Phi) is 3.75. The molecule has 0 unspecified atom stereocenters. The molecule has 2 aromatic carbocycles. The van der Waals surface area contributed by atoms with E-state index in [2.05, 4.69) is 31.9 Å². The van der Waals surface area contributed by atoms with E-state index in [1.165, 1.54) is 17.4 Å². The molecule has 0 N–H and O–H groups in total. The summed E-state index contributed by atoms with van der Waals surface area (Å²) in [5.41, 5.74) is 0.517. The van der Waals surface area contributed by atoms with E-state index >= 15 is 0 Å². The Morgan fingerprint density at radius 2 is 1.75 bits per heavy atom. The van der Waals surface area contributed by atoms with Gasteiger partial charge in [0.25, 0.3) is 0 Å². The molecule has 0 radical (unpaired) electrons. The van der Waals surface area contributed by atoms with E-state index in [0.29, 0.717) is 21.2 Å². The number of fused-ring (bicyclic) bond motifs is 1. The molecule has 1 heterocycles. The zero-order chi connectivity index (χ0) is 14.3. The van der Waals surface area contributed by atoms with E-state index < -0.39 is 0 Å². The molecular weight excluding hydrogens is 407 g/mol. The van der Waals surface area contributed by atoms with Gasteiger partial charge in [-0.1, -0.05) is 24.3 Å². The Morgan fingerprint density at radius 1 is 1.05 bits per heavy atom. The summed E-state index contributed by atoms with van der Waals surface area (Å²) in [6.07, 6.45) is 0. The Bertz CT molecular complexity index is 806. The zero-order valence-corrected chi connectivity index (χ0v) is 14.0. The van der Waals surface area contributed by atoms with Crippen molar-refractivity contribution in [2.45, 2.75) is 0 Å². The lowest BCUT2D eigenvalue weighted by Gasteiger charge is -2.05. The van der Waals surface area contributed by atoms with Crippen LogP contribution in [-0.2, 0) is 0 Å². The molecule has 0 saturated heterocycles. The fourth-order valence-corrected chi connectivity index (χ4v) is 4.04. The van der Waals surface area contributed by atoms with Crippen LogP contribution in [-0.4, -0.2) is 5.78 Å². The normalized spacial score (nSPS) is 10.9. The summed E-state index contributed by atoms with van der Waals surface area (Å²) in [5, 5.41) is 1.10. The topological polar surface area (TPSA) is 17.1 Å². The molecule has 100 valence electrons. The van der Waals surface area contributed by atoms with Crippen molar-refractivity contribution in [3.8, 4) is 0 Å². The van der Waals surface area contributed by atoms with E-state index in [9.17, 15) is 9.18 Å². The summed E-state index contributed by atoms with van der Waals surface area (Å²) in [6, 6.07) is 11.7. The summed E-state index contributed by atoms with van der Waals surface area (Å²) in [5.74, 6) is -0.414. The lowest BCUT2D eigenvalue weighted by molar-refractivity contribution is 0.104. The smallest absolute Gasteiger partial charge is 0.203 e. The molecule has 0 atom stereocenters. The van der Waals surface area contributed by atoms with Crippen molar-refractivity contribution < 1.29 is 9.18 Å². The second kappa shape index (κ2) is 5.39. The van der Waals surface area contributed by atoms with Crippen LogP contribution in [0.2, 0.25) is 0 Å². The van der Waals surface area contributed by atoms with Crippen LogP contribution in [0.5, 0.6) is 0 Å². The highest BCUT2D eigenvalue weighted by Gasteiger charge is 2.17. The third-order valence-electron chi connectivity index (χ3n) is 2.98. The molecule has 0 bridgehead atoms. The first-order chi connectivity index (χ1) is 9.58. The van der Waals surface area contributed by atoms with Crippen LogP contribution in [0.3, 0.4) is 0 Å². The van der Waals surface area contributed by atoms with Gasteiger partial charge in [-0.25, -0.2) is 4.39 Å². The molecular formula is C15H7Br2FOS. The minimum Gasteiger partial charge on any atom is -0.288 e. The van der Waals surface area contributed by atoms with Crippen LogP contribution in [0.15, 0.2) is 50.7 Å². The van der Waals surface area contributed by atoms with Gasteiger partial charge in [-0.15, -0.1) is 11.3 Å². The summed E-state index contributed by atoms with van der Waals surface area (Å²) in [7, 11) is 0. The van der Waals surface area contributed by atoms with Crippen molar-refractivity contribution in [3.63, 3.8) is 0 Å². The largest absolute Gasteiger partial charge is 0.288 e. The summed E-state index contributed by atoms with van der Waals surface area (Å²) in [6.45, 7) is 0. The zero-order valence-electron chi connectivity index (χ0n) is 9.99. The van der Waals surface area contributed by atoms with E-state index in [4.69, 9.17) is 0 Å². The van der Waals surface area contributed by atoms with Crippen LogP contribution in [0.4, 0.5) is 4.39 Å². The Balaban J connectivity index is 2.20. The number of rotatable bonds is 2. The molecule has 0 aliphatic heterocycles. The van der Waals surface area contributed by atoms with Crippen molar-refractivity contribution in [2.24, 2.45) is 0 Å². The van der Waals surface area contributed by atoms with Gasteiger partial charge in [0.1, 0.15) is 5.82 Å². The molecule has 0 saturated carbocycles. The van der Waals surface area contributed by atoms with Gasteiger partial charge >= 0.3 is 0 Å². The van der Waals surface area contributed by atoms with Gasteiger partial charge in [-0.3, -0.25) is 4.79 Å². The van der Waals surface area contributed by atoms with Crippen molar-refractivity contribution in [2.75, 3.05) is 0 Å². The molecule has 1 nitrogen and oxygen atoms in total.